The second-order valence-corrected chi connectivity index (χ2v) is 2.25. The van der Waals surface area contributed by atoms with Crippen LogP contribution in [0.25, 0.3) is 0 Å². The summed E-state index contributed by atoms with van der Waals surface area (Å²) in [6.45, 7) is 4.41. The van der Waals surface area contributed by atoms with Crippen molar-refractivity contribution in [3.63, 3.8) is 0 Å². The molecule has 0 aromatic carbocycles. The predicted octanol–water partition coefficient (Wildman–Crippen LogP) is 1.32. The number of hydrogen-bond acceptors (Lipinski definition) is 2. The largest absolute Gasteiger partial charge is 0.348 e. The molecule has 0 saturated heterocycles. The van der Waals surface area contributed by atoms with Crippen LogP contribution in [0.3, 0.4) is 0 Å². The molecular formula is C7H12O2. The lowest BCUT2D eigenvalue weighted by Crippen LogP contribution is -2.07. The van der Waals surface area contributed by atoms with Crippen molar-refractivity contribution in [2.75, 3.05) is 6.79 Å². The van der Waals surface area contributed by atoms with Crippen molar-refractivity contribution in [1.82, 2.24) is 0 Å². The number of rotatable bonds is 0. The molecule has 9 heavy (non-hydrogen) atoms. The summed E-state index contributed by atoms with van der Waals surface area (Å²) >= 11 is 0. The summed E-state index contributed by atoms with van der Waals surface area (Å²) in [5, 5.41) is 0. The maximum absolute atomic E-state index is 5.16. The highest BCUT2D eigenvalue weighted by atomic mass is 16.7. The Bertz CT molecular complexity index is 97.5. The van der Waals surface area contributed by atoms with Crippen LogP contribution in [0, 0.1) is 0 Å². The molecule has 0 unspecified atom stereocenters. The molecule has 2 atom stereocenters. The van der Waals surface area contributed by atoms with Crippen LogP contribution < -0.4 is 0 Å². The zero-order chi connectivity index (χ0) is 6.69. The Labute approximate surface area is 55.5 Å². The molecule has 1 rings (SSSR count). The first kappa shape index (κ1) is 6.78. The Kier molecular flexibility index (Phi) is 2.25. The van der Waals surface area contributed by atoms with Gasteiger partial charge < -0.3 is 9.47 Å². The fourth-order valence-corrected chi connectivity index (χ4v) is 0.678. The fourth-order valence-electron chi connectivity index (χ4n) is 0.678. The van der Waals surface area contributed by atoms with Gasteiger partial charge in [-0.2, -0.15) is 0 Å². The van der Waals surface area contributed by atoms with E-state index in [-0.39, 0.29) is 12.2 Å². The van der Waals surface area contributed by atoms with Gasteiger partial charge in [0.2, 0.25) is 0 Å². The van der Waals surface area contributed by atoms with Gasteiger partial charge in [0.15, 0.2) is 0 Å². The third-order valence-electron chi connectivity index (χ3n) is 1.32. The fraction of sp³-hybridized carbons (Fsp3) is 0.714. The van der Waals surface area contributed by atoms with Crippen LogP contribution in [0.4, 0.5) is 0 Å². The Morgan fingerprint density at radius 1 is 1.11 bits per heavy atom. The molecule has 1 aliphatic rings. The van der Waals surface area contributed by atoms with Crippen molar-refractivity contribution >= 4 is 0 Å². The second kappa shape index (κ2) is 2.99. The van der Waals surface area contributed by atoms with Gasteiger partial charge >= 0.3 is 0 Å². The average molecular weight is 128 g/mol. The quantitative estimate of drug-likeness (QED) is 0.458. The van der Waals surface area contributed by atoms with Gasteiger partial charge in [-0.25, -0.2) is 0 Å². The summed E-state index contributed by atoms with van der Waals surface area (Å²) in [6.07, 6.45) is 4.43. The van der Waals surface area contributed by atoms with Crippen LogP contribution in [-0.4, -0.2) is 19.0 Å². The molecule has 52 valence electrons. The van der Waals surface area contributed by atoms with Crippen molar-refractivity contribution in [3.8, 4) is 0 Å². The highest BCUT2D eigenvalue weighted by molar-refractivity contribution is 4.92. The Morgan fingerprint density at radius 3 is 2.00 bits per heavy atom. The third-order valence-corrected chi connectivity index (χ3v) is 1.32. The molecule has 0 radical (unpaired) electrons. The molecule has 0 bridgehead atoms. The normalized spacial score (nSPS) is 36.2. The van der Waals surface area contributed by atoms with E-state index in [4.69, 9.17) is 9.47 Å². The molecule has 2 nitrogen and oxygen atoms in total. The van der Waals surface area contributed by atoms with Crippen molar-refractivity contribution in [1.29, 1.82) is 0 Å². The van der Waals surface area contributed by atoms with Crippen LogP contribution >= 0.6 is 0 Å². The van der Waals surface area contributed by atoms with Gasteiger partial charge in [0.05, 0.1) is 12.2 Å². The molecule has 0 saturated carbocycles. The van der Waals surface area contributed by atoms with E-state index in [1.165, 1.54) is 0 Å². The SMILES string of the molecule is C[C@@H]1C=C[C@H](C)OCO1. The second-order valence-electron chi connectivity index (χ2n) is 2.25. The lowest BCUT2D eigenvalue weighted by molar-refractivity contribution is -0.0772. The number of ether oxygens (including phenoxy) is 2. The molecule has 2 heteroatoms. The molecule has 0 fully saturated rings. The zero-order valence-corrected chi connectivity index (χ0v) is 5.83. The molecule has 0 aromatic rings. The monoisotopic (exact) mass is 128 g/mol. The first-order valence-electron chi connectivity index (χ1n) is 3.20. The molecule has 1 aliphatic heterocycles. The summed E-state index contributed by atoms with van der Waals surface area (Å²) in [7, 11) is 0. The summed E-state index contributed by atoms with van der Waals surface area (Å²) in [5.74, 6) is 0. The van der Waals surface area contributed by atoms with Gasteiger partial charge in [-0.3, -0.25) is 0 Å². The van der Waals surface area contributed by atoms with Gasteiger partial charge in [0.1, 0.15) is 6.79 Å². The van der Waals surface area contributed by atoms with Crippen LogP contribution in [0.1, 0.15) is 13.8 Å². The van der Waals surface area contributed by atoms with Gasteiger partial charge in [0, 0.05) is 0 Å². The molecular weight excluding hydrogens is 116 g/mol. The van der Waals surface area contributed by atoms with Crippen LogP contribution in [0.15, 0.2) is 12.2 Å². The van der Waals surface area contributed by atoms with E-state index in [9.17, 15) is 0 Å². The Hall–Kier alpha value is -0.340. The lowest BCUT2D eigenvalue weighted by Gasteiger charge is -2.05. The maximum atomic E-state index is 5.16. The first-order valence-corrected chi connectivity index (χ1v) is 3.20. The minimum atomic E-state index is 0.204. The molecule has 0 aliphatic carbocycles. The van der Waals surface area contributed by atoms with Gasteiger partial charge in [-0.1, -0.05) is 12.2 Å². The van der Waals surface area contributed by atoms with Crippen LogP contribution in [0.5, 0.6) is 0 Å². The molecule has 0 N–H and O–H groups in total. The van der Waals surface area contributed by atoms with Crippen molar-refractivity contribution in [3.05, 3.63) is 12.2 Å². The average Bonchev–Trinajstić information content (AvgIpc) is 1.97. The standard InChI is InChI=1S/C7H12O2/c1-6-3-4-7(2)9-5-8-6/h3-4,6-7H,5H2,1-2H3/t6-,7+. The predicted molar refractivity (Wildman–Crippen MR) is 35.1 cm³/mol. The smallest absolute Gasteiger partial charge is 0.148 e. The van der Waals surface area contributed by atoms with Crippen LogP contribution in [-0.2, 0) is 9.47 Å². The van der Waals surface area contributed by atoms with Gasteiger partial charge in [-0.15, -0.1) is 0 Å². The summed E-state index contributed by atoms with van der Waals surface area (Å²) in [4.78, 5) is 0. The Balaban J connectivity index is 2.43. The van der Waals surface area contributed by atoms with E-state index >= 15 is 0 Å². The molecule has 0 aromatic heterocycles. The van der Waals surface area contributed by atoms with E-state index < -0.39 is 0 Å². The minimum Gasteiger partial charge on any atom is -0.348 e. The highest BCUT2D eigenvalue weighted by Crippen LogP contribution is 2.03. The van der Waals surface area contributed by atoms with Crippen molar-refractivity contribution < 1.29 is 9.47 Å². The summed E-state index contributed by atoms with van der Waals surface area (Å²) in [6, 6.07) is 0. The first-order chi connectivity index (χ1) is 4.29. The molecule has 0 spiro atoms. The van der Waals surface area contributed by atoms with E-state index in [0.717, 1.165) is 0 Å². The highest BCUT2D eigenvalue weighted by Gasteiger charge is 2.04. The van der Waals surface area contributed by atoms with E-state index in [1.807, 2.05) is 26.0 Å². The minimum absolute atomic E-state index is 0.204. The van der Waals surface area contributed by atoms with Crippen LogP contribution in [0.2, 0.25) is 0 Å². The molecule has 0 amide bonds. The topological polar surface area (TPSA) is 18.5 Å². The van der Waals surface area contributed by atoms with E-state index in [0.29, 0.717) is 6.79 Å². The maximum Gasteiger partial charge on any atom is 0.148 e. The van der Waals surface area contributed by atoms with E-state index in [2.05, 4.69) is 0 Å². The molecule has 1 heterocycles. The van der Waals surface area contributed by atoms with Crippen molar-refractivity contribution in [2.24, 2.45) is 0 Å². The van der Waals surface area contributed by atoms with Gasteiger partial charge in [0.25, 0.3) is 0 Å². The summed E-state index contributed by atoms with van der Waals surface area (Å²) in [5.41, 5.74) is 0. The Morgan fingerprint density at radius 2 is 1.56 bits per heavy atom. The number of hydrogen-bond donors (Lipinski definition) is 0. The van der Waals surface area contributed by atoms with Gasteiger partial charge in [-0.05, 0) is 13.8 Å². The van der Waals surface area contributed by atoms with Crippen molar-refractivity contribution in [2.45, 2.75) is 26.1 Å². The zero-order valence-electron chi connectivity index (χ0n) is 5.83. The third kappa shape index (κ3) is 2.16. The summed E-state index contributed by atoms with van der Waals surface area (Å²) < 4.78 is 10.3. The lowest BCUT2D eigenvalue weighted by atomic mass is 10.3. The van der Waals surface area contributed by atoms with E-state index in [1.54, 1.807) is 0 Å².